The maximum Gasteiger partial charge on any atom is 0.224 e. The highest BCUT2D eigenvalue weighted by Crippen LogP contribution is 2.29. The summed E-state index contributed by atoms with van der Waals surface area (Å²) in [6.07, 6.45) is 11.6. The number of aromatic nitrogens is 3. The first kappa shape index (κ1) is 13.3. The summed E-state index contributed by atoms with van der Waals surface area (Å²) < 4.78 is 0. The first-order valence-electron chi connectivity index (χ1n) is 7.02. The van der Waals surface area contributed by atoms with E-state index in [2.05, 4.69) is 20.3 Å². The number of anilines is 1. The number of nitrogens with zero attached hydrogens (tertiary/aromatic N) is 3. The van der Waals surface area contributed by atoms with E-state index in [0.717, 1.165) is 16.9 Å². The summed E-state index contributed by atoms with van der Waals surface area (Å²) in [4.78, 5) is 12.5. The molecule has 0 amide bonds. The van der Waals surface area contributed by atoms with E-state index in [1.165, 1.54) is 32.1 Å². The van der Waals surface area contributed by atoms with Gasteiger partial charge in [-0.25, -0.2) is 9.97 Å². The van der Waals surface area contributed by atoms with E-state index < -0.39 is 0 Å². The van der Waals surface area contributed by atoms with Gasteiger partial charge in [0.2, 0.25) is 5.28 Å². The third-order valence-corrected chi connectivity index (χ3v) is 3.88. The van der Waals surface area contributed by atoms with Crippen molar-refractivity contribution in [3.63, 3.8) is 0 Å². The van der Waals surface area contributed by atoms with Gasteiger partial charge in [0.05, 0.1) is 0 Å². The van der Waals surface area contributed by atoms with Crippen LogP contribution in [0.5, 0.6) is 0 Å². The van der Waals surface area contributed by atoms with Gasteiger partial charge in [0.1, 0.15) is 5.82 Å². The third kappa shape index (κ3) is 3.07. The van der Waals surface area contributed by atoms with Crippen LogP contribution in [0.25, 0.3) is 11.1 Å². The lowest BCUT2D eigenvalue weighted by Gasteiger charge is -2.24. The van der Waals surface area contributed by atoms with Crippen molar-refractivity contribution in [1.29, 1.82) is 0 Å². The summed E-state index contributed by atoms with van der Waals surface area (Å²) in [7, 11) is 0. The van der Waals surface area contributed by atoms with Gasteiger partial charge >= 0.3 is 0 Å². The van der Waals surface area contributed by atoms with Gasteiger partial charge < -0.3 is 5.32 Å². The maximum absolute atomic E-state index is 5.95. The van der Waals surface area contributed by atoms with Gasteiger partial charge in [0.15, 0.2) is 0 Å². The lowest BCUT2D eigenvalue weighted by atomic mass is 9.95. The minimum atomic E-state index is 0.279. The molecule has 1 aliphatic rings. The molecule has 1 aliphatic carbocycles. The fourth-order valence-corrected chi connectivity index (χ4v) is 2.79. The van der Waals surface area contributed by atoms with Crippen molar-refractivity contribution in [2.45, 2.75) is 38.1 Å². The molecule has 0 atom stereocenters. The molecule has 0 saturated heterocycles. The topological polar surface area (TPSA) is 50.7 Å². The highest BCUT2D eigenvalue weighted by atomic mass is 35.5. The first-order valence-corrected chi connectivity index (χ1v) is 7.40. The average molecular weight is 289 g/mol. The van der Waals surface area contributed by atoms with Gasteiger partial charge in [0.25, 0.3) is 0 Å². The lowest BCUT2D eigenvalue weighted by molar-refractivity contribution is 0.462. The Morgan fingerprint density at radius 1 is 1.10 bits per heavy atom. The molecule has 1 N–H and O–H groups in total. The van der Waals surface area contributed by atoms with E-state index in [1.807, 2.05) is 12.1 Å². The molecule has 0 aliphatic heterocycles. The number of pyridine rings is 1. The van der Waals surface area contributed by atoms with Crippen molar-refractivity contribution in [3.05, 3.63) is 36.0 Å². The zero-order valence-electron chi connectivity index (χ0n) is 11.2. The Bertz CT molecular complexity index is 567. The van der Waals surface area contributed by atoms with E-state index in [-0.39, 0.29) is 5.28 Å². The standard InChI is InChI=1S/C15H17ClN4/c16-15-18-10-13(11-6-8-17-9-7-11)14(20-15)19-12-4-2-1-3-5-12/h6-10,12H,1-5H2,(H,18,19,20). The van der Waals surface area contributed by atoms with Gasteiger partial charge in [-0.05, 0) is 42.1 Å². The molecule has 0 bridgehead atoms. The van der Waals surface area contributed by atoms with Crippen molar-refractivity contribution < 1.29 is 0 Å². The molecule has 4 nitrogen and oxygen atoms in total. The first-order chi connectivity index (χ1) is 9.83. The third-order valence-electron chi connectivity index (χ3n) is 3.70. The van der Waals surface area contributed by atoms with E-state index in [4.69, 9.17) is 11.6 Å². The summed E-state index contributed by atoms with van der Waals surface area (Å²) >= 11 is 5.95. The molecule has 2 heterocycles. The van der Waals surface area contributed by atoms with E-state index in [0.29, 0.717) is 6.04 Å². The van der Waals surface area contributed by atoms with Crippen LogP contribution in [-0.2, 0) is 0 Å². The molecule has 0 unspecified atom stereocenters. The quantitative estimate of drug-likeness (QED) is 0.869. The van der Waals surface area contributed by atoms with Crippen LogP contribution in [0.15, 0.2) is 30.7 Å². The molecule has 0 radical (unpaired) electrons. The Balaban J connectivity index is 1.90. The van der Waals surface area contributed by atoms with E-state index >= 15 is 0 Å². The Hall–Kier alpha value is -1.68. The van der Waals surface area contributed by atoms with Crippen LogP contribution in [0, 0.1) is 0 Å². The van der Waals surface area contributed by atoms with Crippen molar-refractivity contribution in [2.75, 3.05) is 5.32 Å². The normalized spacial score (nSPS) is 16.1. The second-order valence-electron chi connectivity index (χ2n) is 5.12. The molecule has 104 valence electrons. The monoisotopic (exact) mass is 288 g/mol. The van der Waals surface area contributed by atoms with Gasteiger partial charge in [-0.2, -0.15) is 0 Å². The minimum absolute atomic E-state index is 0.279. The van der Waals surface area contributed by atoms with Crippen molar-refractivity contribution in [3.8, 4) is 11.1 Å². The number of halogens is 1. The smallest absolute Gasteiger partial charge is 0.224 e. The largest absolute Gasteiger partial charge is 0.367 e. The molecule has 2 aromatic rings. The van der Waals surface area contributed by atoms with Crippen molar-refractivity contribution >= 4 is 17.4 Å². The number of hydrogen-bond acceptors (Lipinski definition) is 4. The van der Waals surface area contributed by atoms with Crippen LogP contribution in [-0.4, -0.2) is 21.0 Å². The molecule has 0 aromatic carbocycles. The van der Waals surface area contributed by atoms with Crippen LogP contribution in [0.4, 0.5) is 5.82 Å². The lowest BCUT2D eigenvalue weighted by Crippen LogP contribution is -2.23. The molecule has 20 heavy (non-hydrogen) atoms. The summed E-state index contributed by atoms with van der Waals surface area (Å²) in [5, 5.41) is 3.81. The SMILES string of the molecule is Clc1ncc(-c2ccncc2)c(NC2CCCCC2)n1. The summed E-state index contributed by atoms with van der Waals surface area (Å²) in [6, 6.07) is 4.40. The van der Waals surface area contributed by atoms with Crippen LogP contribution in [0.3, 0.4) is 0 Å². The van der Waals surface area contributed by atoms with Crippen molar-refractivity contribution in [2.24, 2.45) is 0 Å². The Morgan fingerprint density at radius 3 is 2.60 bits per heavy atom. The number of rotatable bonds is 3. The zero-order chi connectivity index (χ0) is 13.8. The molecule has 1 saturated carbocycles. The minimum Gasteiger partial charge on any atom is -0.367 e. The number of nitrogens with one attached hydrogen (secondary N) is 1. The zero-order valence-corrected chi connectivity index (χ0v) is 12.0. The predicted molar refractivity (Wildman–Crippen MR) is 80.8 cm³/mol. The van der Waals surface area contributed by atoms with Gasteiger partial charge in [0, 0.05) is 30.2 Å². The van der Waals surface area contributed by atoms with Crippen LogP contribution in [0.1, 0.15) is 32.1 Å². The highest BCUT2D eigenvalue weighted by molar-refractivity contribution is 6.28. The molecule has 1 fully saturated rings. The van der Waals surface area contributed by atoms with Crippen LogP contribution < -0.4 is 5.32 Å². The molecular formula is C15H17ClN4. The van der Waals surface area contributed by atoms with E-state index in [9.17, 15) is 0 Å². The second kappa shape index (κ2) is 6.18. The van der Waals surface area contributed by atoms with Gasteiger partial charge in [-0.3, -0.25) is 4.98 Å². The average Bonchev–Trinajstić information content (AvgIpc) is 2.49. The van der Waals surface area contributed by atoms with Crippen LogP contribution >= 0.6 is 11.6 Å². The maximum atomic E-state index is 5.95. The van der Waals surface area contributed by atoms with E-state index in [1.54, 1.807) is 18.6 Å². The molecule has 5 heteroatoms. The van der Waals surface area contributed by atoms with Crippen LogP contribution in [0.2, 0.25) is 5.28 Å². The molecular weight excluding hydrogens is 272 g/mol. The molecule has 2 aromatic heterocycles. The summed E-state index contributed by atoms with van der Waals surface area (Å²) in [6.45, 7) is 0. The predicted octanol–water partition coefficient (Wildman–Crippen LogP) is 3.94. The Kier molecular flexibility index (Phi) is 4.11. The molecule has 0 spiro atoms. The second-order valence-corrected chi connectivity index (χ2v) is 5.45. The summed E-state index contributed by atoms with van der Waals surface area (Å²) in [5.41, 5.74) is 2.03. The van der Waals surface area contributed by atoms with Gasteiger partial charge in [-0.15, -0.1) is 0 Å². The Labute approximate surface area is 123 Å². The van der Waals surface area contributed by atoms with Crippen molar-refractivity contribution in [1.82, 2.24) is 15.0 Å². The Morgan fingerprint density at radius 2 is 1.85 bits per heavy atom. The number of hydrogen-bond donors (Lipinski definition) is 1. The fourth-order valence-electron chi connectivity index (χ4n) is 2.65. The fraction of sp³-hybridized carbons (Fsp3) is 0.400. The molecule has 3 rings (SSSR count). The highest BCUT2D eigenvalue weighted by Gasteiger charge is 2.16. The summed E-state index contributed by atoms with van der Waals surface area (Å²) in [5.74, 6) is 0.822. The van der Waals surface area contributed by atoms with Gasteiger partial charge in [-0.1, -0.05) is 19.3 Å².